The fourth-order valence-corrected chi connectivity index (χ4v) is 2.62. The van der Waals surface area contributed by atoms with Crippen molar-refractivity contribution in [1.82, 2.24) is 19.9 Å². The molecule has 0 saturated heterocycles. The number of hydrogen-bond donors (Lipinski definition) is 0. The minimum absolute atomic E-state index is 0.158. The molecule has 0 amide bonds. The molecule has 2 aromatic heterocycles. The van der Waals surface area contributed by atoms with Crippen LogP contribution in [-0.4, -0.2) is 19.9 Å². The highest BCUT2D eigenvalue weighted by molar-refractivity contribution is 6.30. The van der Waals surface area contributed by atoms with Crippen LogP contribution in [0.3, 0.4) is 0 Å². The summed E-state index contributed by atoms with van der Waals surface area (Å²) in [6.07, 6.45) is 1.82. The number of pyridine rings is 1. The average molecular weight is 381 g/mol. The average Bonchev–Trinajstić information content (AvgIpc) is 2.61. The van der Waals surface area contributed by atoms with Crippen LogP contribution in [0, 0.1) is 0 Å². The van der Waals surface area contributed by atoms with Crippen LogP contribution in [0.2, 0.25) is 5.02 Å². The largest absolute Gasteiger partial charge is 0.255 e. The monoisotopic (exact) mass is 380 g/mol. The summed E-state index contributed by atoms with van der Waals surface area (Å²) in [5.74, 6) is 2.24. The zero-order valence-electron chi connectivity index (χ0n) is 16.7. The Kier molecular flexibility index (Phi) is 5.04. The van der Waals surface area contributed by atoms with E-state index in [-0.39, 0.29) is 10.8 Å². The van der Waals surface area contributed by atoms with Crippen LogP contribution in [0.5, 0.6) is 0 Å². The third-order valence-electron chi connectivity index (χ3n) is 4.14. The molecular formula is C22H25ClN4. The highest BCUT2D eigenvalue weighted by Gasteiger charge is 2.25. The molecule has 0 unspecified atom stereocenters. The van der Waals surface area contributed by atoms with Crippen LogP contribution in [0.15, 0.2) is 42.6 Å². The molecular weight excluding hydrogens is 356 g/mol. The molecule has 3 rings (SSSR count). The maximum Gasteiger partial charge on any atom is 0.164 e. The predicted molar refractivity (Wildman–Crippen MR) is 111 cm³/mol. The van der Waals surface area contributed by atoms with Crippen molar-refractivity contribution in [2.75, 3.05) is 0 Å². The van der Waals surface area contributed by atoms with Crippen molar-refractivity contribution in [3.8, 4) is 22.6 Å². The van der Waals surface area contributed by atoms with Gasteiger partial charge in [-0.05, 0) is 24.3 Å². The molecule has 0 N–H and O–H groups in total. The van der Waals surface area contributed by atoms with Gasteiger partial charge < -0.3 is 0 Å². The summed E-state index contributed by atoms with van der Waals surface area (Å²) in [5.41, 5.74) is 2.47. The molecule has 0 aliphatic carbocycles. The van der Waals surface area contributed by atoms with E-state index in [1.807, 2.05) is 42.6 Å². The molecule has 0 bridgehead atoms. The first-order chi connectivity index (χ1) is 12.5. The second kappa shape index (κ2) is 7.01. The number of hydrogen-bond acceptors (Lipinski definition) is 4. The van der Waals surface area contributed by atoms with Crippen molar-refractivity contribution < 1.29 is 0 Å². The minimum Gasteiger partial charge on any atom is -0.255 e. The van der Waals surface area contributed by atoms with Crippen molar-refractivity contribution in [3.63, 3.8) is 0 Å². The van der Waals surface area contributed by atoms with Crippen LogP contribution in [0.25, 0.3) is 22.6 Å². The Morgan fingerprint density at radius 3 is 1.63 bits per heavy atom. The Morgan fingerprint density at radius 1 is 0.667 bits per heavy atom. The van der Waals surface area contributed by atoms with Gasteiger partial charge in [0.05, 0.1) is 5.69 Å². The molecule has 0 aliphatic rings. The quantitative estimate of drug-likeness (QED) is 0.559. The zero-order valence-corrected chi connectivity index (χ0v) is 17.5. The fraction of sp³-hybridized carbons (Fsp3) is 0.364. The zero-order chi connectivity index (χ0) is 19.8. The molecule has 3 aromatic rings. The van der Waals surface area contributed by atoms with E-state index in [0.29, 0.717) is 10.8 Å². The van der Waals surface area contributed by atoms with E-state index in [1.54, 1.807) is 0 Å². The number of aromatic nitrogens is 4. The Balaban J connectivity index is 2.04. The summed E-state index contributed by atoms with van der Waals surface area (Å²) in [5, 5.41) is 0.713. The van der Waals surface area contributed by atoms with Gasteiger partial charge >= 0.3 is 0 Å². The molecule has 2 heterocycles. The van der Waals surface area contributed by atoms with Crippen molar-refractivity contribution in [2.24, 2.45) is 0 Å². The first kappa shape index (κ1) is 19.4. The van der Waals surface area contributed by atoms with Gasteiger partial charge in [0, 0.05) is 33.2 Å². The molecule has 4 nitrogen and oxygen atoms in total. The van der Waals surface area contributed by atoms with Crippen molar-refractivity contribution in [2.45, 2.75) is 52.4 Å². The van der Waals surface area contributed by atoms with Gasteiger partial charge in [-0.15, -0.1) is 0 Å². The Labute approximate surface area is 166 Å². The predicted octanol–water partition coefficient (Wildman–Crippen LogP) is 5.85. The SMILES string of the molecule is CC(C)(C)c1nc(-c2ccc(-c3ccc(Cl)cc3)nc2)nc(C(C)(C)C)n1. The van der Waals surface area contributed by atoms with Crippen LogP contribution in [0.1, 0.15) is 53.2 Å². The highest BCUT2D eigenvalue weighted by Crippen LogP contribution is 2.27. The van der Waals surface area contributed by atoms with E-state index in [9.17, 15) is 0 Å². The van der Waals surface area contributed by atoms with E-state index in [1.165, 1.54) is 0 Å². The van der Waals surface area contributed by atoms with Gasteiger partial charge in [-0.3, -0.25) is 4.98 Å². The third kappa shape index (κ3) is 4.51. The van der Waals surface area contributed by atoms with Gasteiger partial charge in [0.1, 0.15) is 11.6 Å². The summed E-state index contributed by atoms with van der Waals surface area (Å²) < 4.78 is 0. The molecule has 0 saturated carbocycles. The summed E-state index contributed by atoms with van der Waals surface area (Å²) >= 11 is 5.96. The molecule has 0 spiro atoms. The third-order valence-corrected chi connectivity index (χ3v) is 4.39. The van der Waals surface area contributed by atoms with Gasteiger partial charge in [0.25, 0.3) is 0 Å². The lowest BCUT2D eigenvalue weighted by molar-refractivity contribution is 0.497. The van der Waals surface area contributed by atoms with Gasteiger partial charge in [-0.25, -0.2) is 15.0 Å². The van der Waals surface area contributed by atoms with Crippen molar-refractivity contribution in [3.05, 3.63) is 59.3 Å². The lowest BCUT2D eigenvalue weighted by Gasteiger charge is -2.22. The second-order valence-electron chi connectivity index (χ2n) is 8.75. The van der Waals surface area contributed by atoms with Gasteiger partial charge in [-0.2, -0.15) is 0 Å². The standard InChI is InChI=1S/C22H25ClN4/c1-21(2,3)19-25-18(26-20(27-19)22(4,5)6)15-9-12-17(24-13-15)14-7-10-16(23)11-8-14/h7-13H,1-6H3. The van der Waals surface area contributed by atoms with Crippen LogP contribution >= 0.6 is 11.6 Å². The number of nitrogens with zero attached hydrogens (tertiary/aromatic N) is 4. The van der Waals surface area contributed by atoms with Crippen LogP contribution in [0.4, 0.5) is 0 Å². The van der Waals surface area contributed by atoms with E-state index >= 15 is 0 Å². The van der Waals surface area contributed by atoms with E-state index < -0.39 is 0 Å². The number of benzene rings is 1. The van der Waals surface area contributed by atoms with Crippen molar-refractivity contribution in [1.29, 1.82) is 0 Å². The normalized spacial score (nSPS) is 12.3. The molecule has 0 radical (unpaired) electrons. The second-order valence-corrected chi connectivity index (χ2v) is 9.18. The summed E-state index contributed by atoms with van der Waals surface area (Å²) in [6, 6.07) is 11.6. The maximum absolute atomic E-state index is 5.96. The molecule has 5 heteroatoms. The Morgan fingerprint density at radius 2 is 1.19 bits per heavy atom. The summed E-state index contributed by atoms with van der Waals surface area (Å²) in [6.45, 7) is 12.7. The molecule has 27 heavy (non-hydrogen) atoms. The van der Waals surface area contributed by atoms with Gasteiger partial charge in [0.2, 0.25) is 0 Å². The van der Waals surface area contributed by atoms with Crippen LogP contribution < -0.4 is 0 Å². The molecule has 0 aliphatic heterocycles. The lowest BCUT2D eigenvalue weighted by atomic mass is 9.93. The van der Waals surface area contributed by atoms with E-state index in [4.69, 9.17) is 26.6 Å². The van der Waals surface area contributed by atoms with Crippen LogP contribution in [-0.2, 0) is 10.8 Å². The summed E-state index contributed by atoms with van der Waals surface area (Å²) in [7, 11) is 0. The lowest BCUT2D eigenvalue weighted by Crippen LogP contribution is -2.24. The maximum atomic E-state index is 5.96. The highest BCUT2D eigenvalue weighted by atomic mass is 35.5. The first-order valence-electron chi connectivity index (χ1n) is 9.03. The smallest absolute Gasteiger partial charge is 0.164 e. The Bertz CT molecular complexity index is 902. The molecule has 140 valence electrons. The van der Waals surface area contributed by atoms with E-state index in [0.717, 1.165) is 28.5 Å². The molecule has 0 fully saturated rings. The van der Waals surface area contributed by atoms with Gasteiger partial charge in [-0.1, -0.05) is 65.3 Å². The fourth-order valence-electron chi connectivity index (χ4n) is 2.49. The van der Waals surface area contributed by atoms with Gasteiger partial charge in [0.15, 0.2) is 5.82 Å². The topological polar surface area (TPSA) is 51.6 Å². The first-order valence-corrected chi connectivity index (χ1v) is 9.41. The van der Waals surface area contributed by atoms with Crippen molar-refractivity contribution >= 4 is 11.6 Å². The number of halogens is 1. The minimum atomic E-state index is -0.158. The molecule has 0 atom stereocenters. The molecule has 1 aromatic carbocycles. The number of rotatable bonds is 2. The summed E-state index contributed by atoms with van der Waals surface area (Å²) in [4.78, 5) is 18.8. The van der Waals surface area contributed by atoms with E-state index in [2.05, 4.69) is 46.5 Å². The Hall–Kier alpha value is -2.33.